The molecule has 0 bridgehead atoms. The monoisotopic (exact) mass is 449 g/mol. The molecule has 2 heterocycles. The number of nitrogens with one attached hydrogen (secondary N) is 1. The number of esters is 1. The standard InChI is InChI=1S/C23H19N3O5S/c1-2-29-23(28)14-4-3-5-17(9-14)25-21(27)13-32-22-16(12-24)8-15-10-19-20(11-18(15)26-22)31-7-6-30-19/h3-5,8-11H,2,6-7,13H2,1H3,(H,25,27). The summed E-state index contributed by atoms with van der Waals surface area (Å²) in [6.45, 7) is 2.94. The number of pyridine rings is 1. The molecule has 0 unspecified atom stereocenters. The van der Waals surface area contributed by atoms with Crippen molar-refractivity contribution in [3.8, 4) is 17.6 Å². The van der Waals surface area contributed by atoms with Crippen LogP contribution in [0.4, 0.5) is 5.69 Å². The molecule has 0 spiro atoms. The Morgan fingerprint density at radius 2 is 1.97 bits per heavy atom. The zero-order valence-corrected chi connectivity index (χ0v) is 18.0. The van der Waals surface area contributed by atoms with Gasteiger partial charge >= 0.3 is 5.97 Å². The van der Waals surface area contributed by atoms with E-state index in [1.165, 1.54) is 0 Å². The Balaban J connectivity index is 1.47. The predicted molar refractivity (Wildman–Crippen MR) is 119 cm³/mol. The van der Waals surface area contributed by atoms with E-state index in [1.54, 1.807) is 49.4 Å². The van der Waals surface area contributed by atoms with E-state index >= 15 is 0 Å². The Hall–Kier alpha value is -3.77. The van der Waals surface area contributed by atoms with Gasteiger partial charge in [0.05, 0.1) is 29.0 Å². The van der Waals surface area contributed by atoms with Crippen LogP contribution >= 0.6 is 11.8 Å². The van der Waals surface area contributed by atoms with Crippen LogP contribution < -0.4 is 14.8 Å². The average molecular weight is 449 g/mol. The second kappa shape index (κ2) is 9.58. The second-order valence-electron chi connectivity index (χ2n) is 6.78. The minimum Gasteiger partial charge on any atom is -0.486 e. The lowest BCUT2D eigenvalue weighted by Crippen LogP contribution is -2.15. The number of hydrogen-bond acceptors (Lipinski definition) is 8. The molecular weight excluding hydrogens is 430 g/mol. The number of carbonyl (C=O) groups is 2. The van der Waals surface area contributed by atoms with Crippen LogP contribution in [0.5, 0.6) is 11.5 Å². The number of fused-ring (bicyclic) bond motifs is 2. The highest BCUT2D eigenvalue weighted by Gasteiger charge is 2.16. The molecule has 1 aliphatic heterocycles. The van der Waals surface area contributed by atoms with Crippen LogP contribution in [-0.4, -0.2) is 42.4 Å². The molecule has 2 aromatic carbocycles. The van der Waals surface area contributed by atoms with Gasteiger partial charge in [-0.25, -0.2) is 9.78 Å². The van der Waals surface area contributed by atoms with Gasteiger partial charge in [-0.05, 0) is 37.3 Å². The van der Waals surface area contributed by atoms with E-state index in [2.05, 4.69) is 16.4 Å². The highest BCUT2D eigenvalue weighted by molar-refractivity contribution is 8.00. The molecule has 0 atom stereocenters. The third-order valence-electron chi connectivity index (χ3n) is 4.56. The van der Waals surface area contributed by atoms with Gasteiger partial charge in [0.2, 0.25) is 5.91 Å². The fraction of sp³-hybridized carbons (Fsp3) is 0.217. The van der Waals surface area contributed by atoms with E-state index in [9.17, 15) is 14.9 Å². The van der Waals surface area contributed by atoms with Crippen LogP contribution in [0.25, 0.3) is 10.9 Å². The molecule has 1 amide bonds. The van der Waals surface area contributed by atoms with Gasteiger partial charge in [-0.1, -0.05) is 17.8 Å². The van der Waals surface area contributed by atoms with E-state index in [4.69, 9.17) is 14.2 Å². The van der Waals surface area contributed by atoms with Crippen molar-refractivity contribution < 1.29 is 23.8 Å². The third kappa shape index (κ3) is 4.76. The van der Waals surface area contributed by atoms with E-state index in [1.807, 2.05) is 0 Å². The molecule has 32 heavy (non-hydrogen) atoms. The Bertz CT molecular complexity index is 1240. The number of amides is 1. The van der Waals surface area contributed by atoms with Gasteiger partial charge < -0.3 is 19.5 Å². The Kier molecular flexibility index (Phi) is 6.42. The van der Waals surface area contributed by atoms with Crippen molar-refractivity contribution in [3.63, 3.8) is 0 Å². The number of nitrogens with zero attached hydrogens (tertiary/aromatic N) is 2. The molecule has 1 N–H and O–H groups in total. The third-order valence-corrected chi connectivity index (χ3v) is 5.55. The lowest BCUT2D eigenvalue weighted by Gasteiger charge is -2.18. The first kappa shape index (κ1) is 21.5. The topological polar surface area (TPSA) is 111 Å². The van der Waals surface area contributed by atoms with Gasteiger partial charge in [0, 0.05) is 17.1 Å². The summed E-state index contributed by atoms with van der Waals surface area (Å²) in [5, 5.41) is 13.5. The first-order valence-corrected chi connectivity index (χ1v) is 10.9. The first-order chi connectivity index (χ1) is 15.6. The number of anilines is 1. The van der Waals surface area contributed by atoms with Crippen LogP contribution in [0.15, 0.2) is 47.5 Å². The SMILES string of the molecule is CCOC(=O)c1cccc(NC(=O)CSc2nc3cc4c(cc3cc2C#N)OCCO4)c1. The molecule has 1 aliphatic rings. The van der Waals surface area contributed by atoms with Crippen molar-refractivity contribution in [2.24, 2.45) is 0 Å². The van der Waals surface area contributed by atoms with Crippen LogP contribution in [0.1, 0.15) is 22.8 Å². The fourth-order valence-corrected chi connectivity index (χ4v) is 3.92. The minimum atomic E-state index is -0.450. The molecule has 1 aromatic heterocycles. The number of ether oxygens (including phenoxy) is 3. The number of benzene rings is 2. The van der Waals surface area contributed by atoms with E-state index in [-0.39, 0.29) is 18.3 Å². The van der Waals surface area contributed by atoms with Crippen molar-refractivity contribution in [1.82, 2.24) is 4.98 Å². The van der Waals surface area contributed by atoms with Gasteiger partial charge in [-0.3, -0.25) is 4.79 Å². The molecule has 0 aliphatic carbocycles. The number of carbonyl (C=O) groups excluding carboxylic acids is 2. The largest absolute Gasteiger partial charge is 0.486 e. The quantitative estimate of drug-likeness (QED) is 0.447. The molecule has 0 radical (unpaired) electrons. The Labute approximate surface area is 188 Å². The predicted octanol–water partition coefficient (Wildman–Crippen LogP) is 3.79. The number of nitriles is 1. The maximum absolute atomic E-state index is 12.5. The summed E-state index contributed by atoms with van der Waals surface area (Å²) in [6, 6.07) is 14.0. The Morgan fingerprint density at radius 1 is 1.19 bits per heavy atom. The van der Waals surface area contributed by atoms with Crippen LogP contribution in [0.2, 0.25) is 0 Å². The smallest absolute Gasteiger partial charge is 0.338 e. The molecule has 3 aromatic rings. The van der Waals surface area contributed by atoms with Crippen molar-refractivity contribution in [2.45, 2.75) is 11.9 Å². The number of thioether (sulfide) groups is 1. The number of rotatable bonds is 6. The second-order valence-corrected chi connectivity index (χ2v) is 7.74. The lowest BCUT2D eigenvalue weighted by molar-refractivity contribution is -0.113. The number of hydrogen-bond donors (Lipinski definition) is 1. The van der Waals surface area contributed by atoms with Gasteiger partial charge in [0.1, 0.15) is 24.3 Å². The zero-order valence-electron chi connectivity index (χ0n) is 17.2. The summed E-state index contributed by atoms with van der Waals surface area (Å²) in [5.74, 6) is 0.536. The van der Waals surface area contributed by atoms with Gasteiger partial charge in [-0.15, -0.1) is 0 Å². The summed E-state index contributed by atoms with van der Waals surface area (Å²) in [5.41, 5.74) is 1.86. The lowest BCUT2D eigenvalue weighted by atomic mass is 10.1. The van der Waals surface area contributed by atoms with Crippen molar-refractivity contribution in [2.75, 3.05) is 30.9 Å². The molecule has 9 heteroatoms. The molecule has 0 fully saturated rings. The maximum atomic E-state index is 12.5. The van der Waals surface area contributed by atoms with Crippen LogP contribution in [0, 0.1) is 11.3 Å². The molecule has 0 saturated heterocycles. The fourth-order valence-electron chi connectivity index (χ4n) is 3.15. The zero-order chi connectivity index (χ0) is 22.5. The highest BCUT2D eigenvalue weighted by Crippen LogP contribution is 2.35. The Morgan fingerprint density at radius 3 is 2.72 bits per heavy atom. The molecular formula is C23H19N3O5S. The first-order valence-electron chi connectivity index (χ1n) is 9.91. The van der Waals surface area contributed by atoms with Gasteiger partial charge in [0.15, 0.2) is 11.5 Å². The van der Waals surface area contributed by atoms with Crippen molar-refractivity contribution in [3.05, 3.63) is 53.6 Å². The van der Waals surface area contributed by atoms with Gasteiger partial charge in [0.25, 0.3) is 0 Å². The summed E-state index contributed by atoms with van der Waals surface area (Å²) in [7, 11) is 0. The van der Waals surface area contributed by atoms with Gasteiger partial charge in [-0.2, -0.15) is 5.26 Å². The summed E-state index contributed by atoms with van der Waals surface area (Å²) in [4.78, 5) is 28.9. The molecule has 8 nitrogen and oxygen atoms in total. The maximum Gasteiger partial charge on any atom is 0.338 e. The highest BCUT2D eigenvalue weighted by atomic mass is 32.2. The van der Waals surface area contributed by atoms with Crippen LogP contribution in [0.3, 0.4) is 0 Å². The minimum absolute atomic E-state index is 0.0430. The molecule has 4 rings (SSSR count). The summed E-state index contributed by atoms with van der Waals surface area (Å²) in [6.07, 6.45) is 0. The van der Waals surface area contributed by atoms with Crippen LogP contribution in [-0.2, 0) is 9.53 Å². The number of aromatic nitrogens is 1. The van der Waals surface area contributed by atoms with E-state index in [0.29, 0.717) is 52.1 Å². The summed E-state index contributed by atoms with van der Waals surface area (Å²) >= 11 is 1.16. The summed E-state index contributed by atoms with van der Waals surface area (Å²) < 4.78 is 16.2. The van der Waals surface area contributed by atoms with E-state index < -0.39 is 5.97 Å². The van der Waals surface area contributed by atoms with Crippen molar-refractivity contribution >= 4 is 40.2 Å². The average Bonchev–Trinajstić information content (AvgIpc) is 2.81. The molecule has 0 saturated carbocycles. The van der Waals surface area contributed by atoms with E-state index in [0.717, 1.165) is 17.1 Å². The molecule has 162 valence electrons. The van der Waals surface area contributed by atoms with Crippen molar-refractivity contribution in [1.29, 1.82) is 5.26 Å². The normalized spacial score (nSPS) is 12.1.